The molecule has 2 heterocycles. The third kappa shape index (κ3) is 4.45. The maximum absolute atomic E-state index is 12.1. The van der Waals surface area contributed by atoms with Gasteiger partial charge in [-0.1, -0.05) is 19.9 Å². The minimum Gasteiger partial charge on any atom is -0.348 e. The molecular weight excluding hydrogens is 272 g/mol. The van der Waals surface area contributed by atoms with Crippen LogP contribution in [0.1, 0.15) is 37.6 Å². The zero-order valence-corrected chi connectivity index (χ0v) is 12.6. The van der Waals surface area contributed by atoms with E-state index in [0.29, 0.717) is 18.9 Å². The quantitative estimate of drug-likeness (QED) is 0.853. The van der Waals surface area contributed by atoms with Gasteiger partial charge in [-0.3, -0.25) is 9.48 Å². The molecule has 2 aromatic heterocycles. The lowest BCUT2D eigenvalue weighted by atomic mass is 10.0. The predicted octanol–water partition coefficient (Wildman–Crippen LogP) is 2.63. The van der Waals surface area contributed by atoms with Crippen LogP contribution in [0.25, 0.3) is 0 Å². The summed E-state index contributed by atoms with van der Waals surface area (Å²) in [6.45, 7) is 4.90. The van der Waals surface area contributed by atoms with Crippen LogP contribution >= 0.6 is 11.3 Å². The number of hydrogen-bond donors (Lipinski definition) is 1. The van der Waals surface area contributed by atoms with E-state index in [1.54, 1.807) is 22.3 Å². The predicted molar refractivity (Wildman–Crippen MR) is 79.3 cm³/mol. The molecular formula is C14H20N4OS. The number of nitrogens with zero attached hydrogens (tertiary/aromatic N) is 3. The second kappa shape index (κ2) is 7.19. The van der Waals surface area contributed by atoms with Gasteiger partial charge in [-0.2, -0.15) is 5.10 Å². The molecule has 1 unspecified atom stereocenters. The molecule has 0 radical (unpaired) electrons. The van der Waals surface area contributed by atoms with Gasteiger partial charge < -0.3 is 5.32 Å². The highest BCUT2D eigenvalue weighted by Gasteiger charge is 2.16. The molecule has 6 heteroatoms. The Kier molecular flexibility index (Phi) is 5.29. The van der Waals surface area contributed by atoms with Crippen LogP contribution in [0, 0.1) is 5.92 Å². The number of thiophene rings is 1. The number of amides is 1. The number of aryl methyl sites for hydroxylation is 1. The molecule has 108 valence electrons. The topological polar surface area (TPSA) is 59.8 Å². The Morgan fingerprint density at radius 1 is 1.50 bits per heavy atom. The van der Waals surface area contributed by atoms with Crippen molar-refractivity contribution in [3.8, 4) is 0 Å². The average Bonchev–Trinajstić information content (AvgIpc) is 3.08. The molecule has 0 saturated heterocycles. The monoisotopic (exact) mass is 292 g/mol. The Morgan fingerprint density at radius 2 is 2.35 bits per heavy atom. The summed E-state index contributed by atoms with van der Waals surface area (Å²) in [7, 11) is 0. The highest BCUT2D eigenvalue weighted by molar-refractivity contribution is 7.10. The number of carbonyl (C=O) groups is 1. The van der Waals surface area contributed by atoms with Gasteiger partial charge in [0.25, 0.3) is 0 Å². The first-order valence-corrected chi connectivity index (χ1v) is 7.68. The number of carbonyl (C=O) groups excluding carboxylic acids is 1. The lowest BCUT2D eigenvalue weighted by Crippen LogP contribution is -2.29. The summed E-state index contributed by atoms with van der Waals surface area (Å²) >= 11 is 1.69. The van der Waals surface area contributed by atoms with Gasteiger partial charge in [-0.05, 0) is 23.8 Å². The molecule has 2 aromatic rings. The SMILES string of the molecule is CC(C)CC(NC(=O)CCn1cncn1)c1cccs1. The van der Waals surface area contributed by atoms with Crippen LogP contribution in [-0.2, 0) is 11.3 Å². The highest BCUT2D eigenvalue weighted by atomic mass is 32.1. The second-order valence-electron chi connectivity index (χ2n) is 5.17. The summed E-state index contributed by atoms with van der Waals surface area (Å²) in [6, 6.07) is 4.21. The molecule has 0 spiro atoms. The third-order valence-corrected chi connectivity index (χ3v) is 3.95. The summed E-state index contributed by atoms with van der Waals surface area (Å²) in [4.78, 5) is 17.1. The molecule has 0 aromatic carbocycles. The van der Waals surface area contributed by atoms with Crippen LogP contribution in [0.4, 0.5) is 0 Å². The van der Waals surface area contributed by atoms with Gasteiger partial charge in [0.05, 0.1) is 12.6 Å². The van der Waals surface area contributed by atoms with E-state index >= 15 is 0 Å². The van der Waals surface area contributed by atoms with Crippen molar-refractivity contribution in [3.05, 3.63) is 35.0 Å². The molecule has 0 aliphatic rings. The summed E-state index contributed by atoms with van der Waals surface area (Å²) in [5.41, 5.74) is 0. The Bertz CT molecular complexity index is 507. The van der Waals surface area contributed by atoms with Crippen molar-refractivity contribution in [1.29, 1.82) is 0 Å². The fourth-order valence-electron chi connectivity index (χ4n) is 2.04. The van der Waals surface area contributed by atoms with Crippen LogP contribution in [-0.4, -0.2) is 20.7 Å². The Balaban J connectivity index is 1.88. The van der Waals surface area contributed by atoms with Crippen molar-refractivity contribution in [2.24, 2.45) is 5.92 Å². The minimum atomic E-state index is 0.0551. The van der Waals surface area contributed by atoms with Gasteiger partial charge in [0.2, 0.25) is 5.91 Å². The van der Waals surface area contributed by atoms with Crippen LogP contribution < -0.4 is 5.32 Å². The van der Waals surface area contributed by atoms with Crippen molar-refractivity contribution in [2.75, 3.05) is 0 Å². The van der Waals surface area contributed by atoms with Crippen LogP contribution in [0.3, 0.4) is 0 Å². The van der Waals surface area contributed by atoms with Crippen molar-refractivity contribution in [1.82, 2.24) is 20.1 Å². The lowest BCUT2D eigenvalue weighted by Gasteiger charge is -2.19. The Morgan fingerprint density at radius 3 is 2.95 bits per heavy atom. The van der Waals surface area contributed by atoms with Gasteiger partial charge in [0.1, 0.15) is 12.7 Å². The Hall–Kier alpha value is -1.69. The number of aromatic nitrogens is 3. The maximum Gasteiger partial charge on any atom is 0.222 e. The molecule has 0 bridgehead atoms. The second-order valence-corrected chi connectivity index (χ2v) is 6.15. The van der Waals surface area contributed by atoms with Crippen LogP contribution in [0.5, 0.6) is 0 Å². The van der Waals surface area contributed by atoms with E-state index < -0.39 is 0 Å². The van der Waals surface area contributed by atoms with Crippen molar-refractivity contribution in [3.63, 3.8) is 0 Å². The normalized spacial score (nSPS) is 12.6. The highest BCUT2D eigenvalue weighted by Crippen LogP contribution is 2.25. The molecule has 1 amide bonds. The molecule has 0 saturated carbocycles. The maximum atomic E-state index is 12.1. The molecule has 1 N–H and O–H groups in total. The zero-order valence-electron chi connectivity index (χ0n) is 11.8. The van der Waals surface area contributed by atoms with E-state index in [4.69, 9.17) is 0 Å². The lowest BCUT2D eigenvalue weighted by molar-refractivity contribution is -0.122. The van der Waals surface area contributed by atoms with E-state index in [9.17, 15) is 4.79 Å². The first-order valence-electron chi connectivity index (χ1n) is 6.80. The van der Waals surface area contributed by atoms with Crippen LogP contribution in [0.15, 0.2) is 30.2 Å². The molecule has 0 aliphatic carbocycles. The van der Waals surface area contributed by atoms with Crippen molar-refractivity contribution >= 4 is 17.2 Å². The van der Waals surface area contributed by atoms with E-state index in [1.807, 2.05) is 11.4 Å². The van der Waals surface area contributed by atoms with Crippen LogP contribution in [0.2, 0.25) is 0 Å². The molecule has 2 rings (SSSR count). The van der Waals surface area contributed by atoms with Gasteiger partial charge in [0.15, 0.2) is 0 Å². The average molecular weight is 292 g/mol. The molecule has 1 atom stereocenters. The van der Waals surface area contributed by atoms with Crippen molar-refractivity contribution < 1.29 is 4.79 Å². The summed E-state index contributed by atoms with van der Waals surface area (Å²) in [6.07, 6.45) is 4.47. The molecule has 20 heavy (non-hydrogen) atoms. The van der Waals surface area contributed by atoms with E-state index in [1.165, 1.54) is 11.2 Å². The first kappa shape index (κ1) is 14.7. The fraction of sp³-hybridized carbons (Fsp3) is 0.500. The summed E-state index contributed by atoms with van der Waals surface area (Å²) < 4.78 is 1.67. The molecule has 5 nitrogen and oxygen atoms in total. The first-order chi connectivity index (χ1) is 9.65. The van der Waals surface area contributed by atoms with E-state index in [-0.39, 0.29) is 11.9 Å². The largest absolute Gasteiger partial charge is 0.348 e. The minimum absolute atomic E-state index is 0.0551. The number of hydrogen-bond acceptors (Lipinski definition) is 4. The van der Waals surface area contributed by atoms with Crippen molar-refractivity contribution in [2.45, 2.75) is 39.3 Å². The molecule has 0 aliphatic heterocycles. The smallest absolute Gasteiger partial charge is 0.222 e. The molecule has 0 fully saturated rings. The zero-order chi connectivity index (χ0) is 14.4. The fourth-order valence-corrected chi connectivity index (χ4v) is 2.83. The van der Waals surface area contributed by atoms with E-state index in [0.717, 1.165) is 6.42 Å². The summed E-state index contributed by atoms with van der Waals surface area (Å²) in [5.74, 6) is 0.595. The third-order valence-electron chi connectivity index (χ3n) is 2.96. The van der Waals surface area contributed by atoms with Gasteiger partial charge in [-0.25, -0.2) is 4.98 Å². The van der Waals surface area contributed by atoms with Gasteiger partial charge in [-0.15, -0.1) is 11.3 Å². The summed E-state index contributed by atoms with van der Waals surface area (Å²) in [5, 5.41) is 9.16. The standard InChI is InChI=1S/C14H20N4OS/c1-11(2)8-12(13-4-3-7-20-13)17-14(19)5-6-18-10-15-9-16-18/h3-4,7,9-12H,5-6,8H2,1-2H3,(H,17,19). The van der Waals surface area contributed by atoms with Gasteiger partial charge in [0, 0.05) is 11.3 Å². The Labute approximate surface area is 123 Å². The van der Waals surface area contributed by atoms with Gasteiger partial charge >= 0.3 is 0 Å². The number of nitrogens with one attached hydrogen (secondary N) is 1. The van der Waals surface area contributed by atoms with E-state index in [2.05, 4.69) is 35.3 Å². The number of rotatable bonds is 7.